The van der Waals surface area contributed by atoms with Crippen molar-refractivity contribution in [3.63, 3.8) is 0 Å². The first-order chi connectivity index (χ1) is 13.3. The van der Waals surface area contributed by atoms with Crippen molar-refractivity contribution >= 4 is 39.5 Å². The minimum atomic E-state index is -0.211. The fraction of sp³-hybridized carbons (Fsp3) is 0.0909. The Morgan fingerprint density at radius 1 is 0.926 bits per heavy atom. The highest BCUT2D eigenvalue weighted by molar-refractivity contribution is 7.17. The molecule has 0 fully saturated rings. The van der Waals surface area contributed by atoms with Crippen LogP contribution in [0.1, 0.15) is 17.0 Å². The maximum atomic E-state index is 13.0. The highest BCUT2D eigenvalue weighted by Crippen LogP contribution is 2.26. The molecule has 2 aromatic heterocycles. The van der Waals surface area contributed by atoms with Crippen LogP contribution in [0.4, 0.5) is 10.2 Å². The number of hydrogen-bond donors (Lipinski definition) is 1. The molecular formula is C22H18FN3S. The van der Waals surface area contributed by atoms with E-state index in [0.29, 0.717) is 5.82 Å². The maximum absolute atomic E-state index is 13.0. The van der Waals surface area contributed by atoms with E-state index in [9.17, 15) is 4.39 Å². The molecule has 27 heavy (non-hydrogen) atoms. The first-order valence-corrected chi connectivity index (χ1v) is 9.62. The third-order valence-corrected chi connectivity index (χ3v) is 5.08. The van der Waals surface area contributed by atoms with E-state index in [2.05, 4.69) is 15.3 Å². The normalized spacial score (nSPS) is 11.3. The van der Waals surface area contributed by atoms with E-state index >= 15 is 0 Å². The largest absolute Gasteiger partial charge is 0.368 e. The van der Waals surface area contributed by atoms with Gasteiger partial charge in [0.15, 0.2) is 5.82 Å². The van der Waals surface area contributed by atoms with Crippen LogP contribution < -0.4 is 5.32 Å². The molecule has 3 nitrogen and oxygen atoms in total. The molecule has 0 aliphatic heterocycles. The summed E-state index contributed by atoms with van der Waals surface area (Å²) >= 11 is 1.62. The Kier molecular flexibility index (Phi) is 5.21. The van der Waals surface area contributed by atoms with Crippen LogP contribution in [0.5, 0.6) is 0 Å². The van der Waals surface area contributed by atoms with Gasteiger partial charge in [-0.25, -0.2) is 14.4 Å². The summed E-state index contributed by atoms with van der Waals surface area (Å²) in [6, 6.07) is 18.7. The summed E-state index contributed by atoms with van der Waals surface area (Å²) in [6.45, 7) is 0.720. The fourth-order valence-corrected chi connectivity index (χ4v) is 3.58. The standard InChI is InChI=1S/C22H18FN3S/c23-18-9-6-17(7-10-18)12-14-24-22-21-19(13-15-27-21)25-20(26-22)11-8-16-4-2-1-3-5-16/h1-11,13,15H,12,14H2,(H,24,25,26)/b11-8+. The Hall–Kier alpha value is -3.05. The summed E-state index contributed by atoms with van der Waals surface area (Å²) in [7, 11) is 0. The molecule has 134 valence electrons. The van der Waals surface area contributed by atoms with Crippen LogP contribution in [0.3, 0.4) is 0 Å². The molecule has 2 heterocycles. The lowest BCUT2D eigenvalue weighted by Crippen LogP contribution is -2.07. The van der Waals surface area contributed by atoms with Crippen molar-refractivity contribution in [2.75, 3.05) is 11.9 Å². The monoisotopic (exact) mass is 375 g/mol. The predicted molar refractivity (Wildman–Crippen MR) is 111 cm³/mol. The number of hydrogen-bond acceptors (Lipinski definition) is 4. The van der Waals surface area contributed by atoms with Crippen molar-refractivity contribution in [3.8, 4) is 0 Å². The number of nitrogens with one attached hydrogen (secondary N) is 1. The van der Waals surface area contributed by atoms with Gasteiger partial charge in [-0.2, -0.15) is 0 Å². The molecule has 0 radical (unpaired) electrons. The second-order valence-corrected chi connectivity index (χ2v) is 7.03. The Morgan fingerprint density at radius 2 is 1.74 bits per heavy atom. The topological polar surface area (TPSA) is 37.8 Å². The summed E-state index contributed by atoms with van der Waals surface area (Å²) < 4.78 is 14.1. The molecular weight excluding hydrogens is 357 g/mol. The third kappa shape index (κ3) is 4.38. The summed E-state index contributed by atoms with van der Waals surface area (Å²) in [5, 5.41) is 5.43. The molecule has 4 aromatic rings. The Labute approximate surface area is 161 Å². The molecule has 5 heteroatoms. The summed E-state index contributed by atoms with van der Waals surface area (Å²) in [4.78, 5) is 9.29. The Balaban J connectivity index is 1.51. The minimum absolute atomic E-state index is 0.211. The molecule has 0 aliphatic rings. The smallest absolute Gasteiger partial charge is 0.155 e. The third-order valence-electron chi connectivity index (χ3n) is 4.16. The quantitative estimate of drug-likeness (QED) is 0.473. The van der Waals surface area contributed by atoms with Crippen molar-refractivity contribution in [2.24, 2.45) is 0 Å². The lowest BCUT2D eigenvalue weighted by atomic mass is 10.1. The highest BCUT2D eigenvalue weighted by atomic mass is 32.1. The van der Waals surface area contributed by atoms with Crippen LogP contribution in [0.25, 0.3) is 22.4 Å². The molecule has 0 bridgehead atoms. The van der Waals surface area contributed by atoms with E-state index in [1.165, 1.54) is 12.1 Å². The van der Waals surface area contributed by atoms with Gasteiger partial charge < -0.3 is 5.32 Å². The molecule has 0 saturated carbocycles. The van der Waals surface area contributed by atoms with Crippen molar-refractivity contribution in [1.29, 1.82) is 0 Å². The minimum Gasteiger partial charge on any atom is -0.368 e. The molecule has 1 N–H and O–H groups in total. The van der Waals surface area contributed by atoms with E-state index in [-0.39, 0.29) is 5.82 Å². The molecule has 0 saturated heterocycles. The average molecular weight is 375 g/mol. The number of benzene rings is 2. The lowest BCUT2D eigenvalue weighted by Gasteiger charge is -2.08. The van der Waals surface area contributed by atoms with E-state index in [1.807, 2.05) is 66.1 Å². The van der Waals surface area contributed by atoms with Gasteiger partial charge in [0.05, 0.1) is 10.2 Å². The zero-order valence-corrected chi connectivity index (χ0v) is 15.4. The van der Waals surface area contributed by atoms with Crippen LogP contribution in [0.2, 0.25) is 0 Å². The fourth-order valence-electron chi connectivity index (χ4n) is 2.79. The zero-order chi connectivity index (χ0) is 18.5. The number of rotatable bonds is 6. The molecule has 0 aliphatic carbocycles. The number of thiophene rings is 1. The van der Waals surface area contributed by atoms with Crippen LogP contribution in [0.15, 0.2) is 66.0 Å². The van der Waals surface area contributed by atoms with Crippen molar-refractivity contribution in [1.82, 2.24) is 9.97 Å². The van der Waals surface area contributed by atoms with Crippen LogP contribution in [0, 0.1) is 5.82 Å². The van der Waals surface area contributed by atoms with Crippen molar-refractivity contribution in [2.45, 2.75) is 6.42 Å². The van der Waals surface area contributed by atoms with Crippen LogP contribution in [-0.2, 0) is 6.42 Å². The van der Waals surface area contributed by atoms with Gasteiger partial charge in [-0.15, -0.1) is 11.3 Å². The summed E-state index contributed by atoms with van der Waals surface area (Å²) in [6.07, 6.45) is 4.74. The molecule has 2 aromatic carbocycles. The van der Waals surface area contributed by atoms with E-state index in [0.717, 1.165) is 40.1 Å². The Bertz CT molecular complexity index is 1060. The van der Waals surface area contributed by atoms with E-state index in [1.54, 1.807) is 11.3 Å². The van der Waals surface area contributed by atoms with Gasteiger partial charge in [0, 0.05) is 6.54 Å². The van der Waals surface area contributed by atoms with Crippen LogP contribution >= 0.6 is 11.3 Å². The SMILES string of the molecule is Fc1ccc(CCNc2nc(/C=C/c3ccccc3)nc3ccsc23)cc1. The molecule has 0 amide bonds. The first kappa shape index (κ1) is 17.4. The van der Waals surface area contributed by atoms with Gasteiger partial charge in [0.1, 0.15) is 11.6 Å². The van der Waals surface area contributed by atoms with Gasteiger partial charge in [-0.05, 0) is 47.2 Å². The Morgan fingerprint density at radius 3 is 2.56 bits per heavy atom. The van der Waals surface area contributed by atoms with Crippen molar-refractivity contribution in [3.05, 3.63) is 88.8 Å². The number of nitrogens with zero attached hydrogens (tertiary/aromatic N) is 2. The number of fused-ring (bicyclic) bond motifs is 1. The van der Waals surface area contributed by atoms with Gasteiger partial charge in [0.2, 0.25) is 0 Å². The van der Waals surface area contributed by atoms with Crippen molar-refractivity contribution < 1.29 is 4.39 Å². The molecule has 0 unspecified atom stereocenters. The number of aromatic nitrogens is 2. The number of anilines is 1. The zero-order valence-electron chi connectivity index (χ0n) is 14.6. The lowest BCUT2D eigenvalue weighted by molar-refractivity contribution is 0.627. The van der Waals surface area contributed by atoms with Gasteiger partial charge in [0.25, 0.3) is 0 Å². The number of halogens is 1. The second-order valence-electron chi connectivity index (χ2n) is 6.11. The van der Waals surface area contributed by atoms with E-state index in [4.69, 9.17) is 0 Å². The van der Waals surface area contributed by atoms with Gasteiger partial charge in [-0.1, -0.05) is 48.5 Å². The molecule has 0 atom stereocenters. The summed E-state index contributed by atoms with van der Waals surface area (Å²) in [5.41, 5.74) is 3.13. The second kappa shape index (κ2) is 8.10. The van der Waals surface area contributed by atoms with E-state index < -0.39 is 0 Å². The van der Waals surface area contributed by atoms with Gasteiger partial charge >= 0.3 is 0 Å². The molecule has 4 rings (SSSR count). The predicted octanol–water partition coefficient (Wildman–Crippen LogP) is 5.66. The maximum Gasteiger partial charge on any atom is 0.155 e. The highest BCUT2D eigenvalue weighted by Gasteiger charge is 2.07. The summed E-state index contributed by atoms with van der Waals surface area (Å²) in [5.74, 6) is 1.30. The average Bonchev–Trinajstić information content (AvgIpc) is 3.17. The van der Waals surface area contributed by atoms with Crippen LogP contribution in [-0.4, -0.2) is 16.5 Å². The molecule has 0 spiro atoms. The van der Waals surface area contributed by atoms with Gasteiger partial charge in [-0.3, -0.25) is 0 Å². The first-order valence-electron chi connectivity index (χ1n) is 8.75.